The SMILES string of the molecule is NC(=NO)c1cc(CNCC(=O)NC2CC2)ccn1. The molecule has 1 heterocycles. The predicted octanol–water partition coefficient (Wildman–Crippen LogP) is -0.456. The van der Waals surface area contributed by atoms with E-state index in [1.807, 2.05) is 0 Å². The fourth-order valence-corrected chi connectivity index (χ4v) is 1.60. The standard InChI is InChI=1S/C12H17N5O2/c13-12(17-19)10-5-8(3-4-15-10)6-14-7-11(18)16-9-1-2-9/h3-5,9,14,19H,1-2,6-7H2,(H2,13,17)(H,16,18). The second kappa shape index (κ2) is 6.14. The molecule has 0 unspecified atom stereocenters. The summed E-state index contributed by atoms with van der Waals surface area (Å²) >= 11 is 0. The Hall–Kier alpha value is -2.15. The van der Waals surface area contributed by atoms with Crippen molar-refractivity contribution in [1.29, 1.82) is 0 Å². The van der Waals surface area contributed by atoms with E-state index in [0.717, 1.165) is 18.4 Å². The number of amidine groups is 1. The third kappa shape index (κ3) is 4.22. The molecule has 1 aromatic rings. The number of nitrogens with zero attached hydrogens (tertiary/aromatic N) is 2. The van der Waals surface area contributed by atoms with Gasteiger partial charge in [-0.3, -0.25) is 9.78 Å². The van der Waals surface area contributed by atoms with Gasteiger partial charge >= 0.3 is 0 Å². The van der Waals surface area contributed by atoms with Crippen LogP contribution in [0.4, 0.5) is 0 Å². The minimum atomic E-state index is -0.0340. The molecule has 1 fully saturated rings. The first-order valence-corrected chi connectivity index (χ1v) is 6.12. The molecule has 7 nitrogen and oxygen atoms in total. The largest absolute Gasteiger partial charge is 0.409 e. The number of pyridine rings is 1. The molecule has 19 heavy (non-hydrogen) atoms. The van der Waals surface area contributed by atoms with Gasteiger partial charge in [-0.1, -0.05) is 5.16 Å². The third-order valence-electron chi connectivity index (χ3n) is 2.75. The highest BCUT2D eigenvalue weighted by Crippen LogP contribution is 2.18. The molecule has 2 rings (SSSR count). The Bertz CT molecular complexity index is 485. The number of hydrogen-bond donors (Lipinski definition) is 4. The molecule has 0 radical (unpaired) electrons. The van der Waals surface area contributed by atoms with Gasteiger partial charge in [0.05, 0.1) is 6.54 Å². The van der Waals surface area contributed by atoms with Gasteiger partial charge in [0, 0.05) is 18.8 Å². The average molecular weight is 263 g/mol. The molecule has 1 amide bonds. The summed E-state index contributed by atoms with van der Waals surface area (Å²) in [5.41, 5.74) is 6.77. The summed E-state index contributed by atoms with van der Waals surface area (Å²) in [6, 6.07) is 3.89. The van der Waals surface area contributed by atoms with Crippen LogP contribution in [-0.2, 0) is 11.3 Å². The fourth-order valence-electron chi connectivity index (χ4n) is 1.60. The summed E-state index contributed by atoms with van der Waals surface area (Å²) in [5, 5.41) is 17.4. The van der Waals surface area contributed by atoms with Crippen LogP contribution >= 0.6 is 0 Å². The summed E-state index contributed by atoms with van der Waals surface area (Å²) in [4.78, 5) is 15.4. The smallest absolute Gasteiger partial charge is 0.234 e. The maximum atomic E-state index is 11.4. The van der Waals surface area contributed by atoms with Crippen LogP contribution < -0.4 is 16.4 Å². The highest BCUT2D eigenvalue weighted by molar-refractivity contribution is 5.95. The van der Waals surface area contributed by atoms with Crippen molar-refractivity contribution in [2.24, 2.45) is 10.9 Å². The van der Waals surface area contributed by atoms with Gasteiger partial charge in [-0.25, -0.2) is 0 Å². The van der Waals surface area contributed by atoms with E-state index in [2.05, 4.69) is 20.8 Å². The highest BCUT2D eigenvalue weighted by Gasteiger charge is 2.22. The number of carbonyl (C=O) groups excluding carboxylic acids is 1. The van der Waals surface area contributed by atoms with Crippen LogP contribution in [0, 0.1) is 0 Å². The van der Waals surface area contributed by atoms with Gasteiger partial charge in [0.25, 0.3) is 0 Å². The third-order valence-corrected chi connectivity index (χ3v) is 2.75. The van der Waals surface area contributed by atoms with Crippen LogP contribution in [0.1, 0.15) is 24.1 Å². The van der Waals surface area contributed by atoms with Gasteiger partial charge in [-0.2, -0.15) is 0 Å². The van der Waals surface area contributed by atoms with Crippen molar-refractivity contribution in [2.75, 3.05) is 6.54 Å². The number of amides is 1. The van der Waals surface area contributed by atoms with Crippen molar-refractivity contribution in [3.8, 4) is 0 Å². The van der Waals surface area contributed by atoms with Gasteiger partial charge in [0.15, 0.2) is 5.84 Å². The first-order chi connectivity index (χ1) is 9.19. The number of aromatic nitrogens is 1. The number of nitrogens with one attached hydrogen (secondary N) is 2. The van der Waals surface area contributed by atoms with Crippen LogP contribution in [-0.4, -0.2) is 34.5 Å². The Kier molecular flexibility index (Phi) is 4.30. The molecule has 0 saturated heterocycles. The molecule has 0 bridgehead atoms. The normalized spacial score (nSPS) is 15.3. The summed E-state index contributed by atoms with van der Waals surface area (Å²) in [6.07, 6.45) is 3.74. The molecule has 5 N–H and O–H groups in total. The highest BCUT2D eigenvalue weighted by atomic mass is 16.4. The number of rotatable bonds is 6. The Balaban J connectivity index is 1.80. The van der Waals surface area contributed by atoms with Crippen LogP contribution in [0.3, 0.4) is 0 Å². The molecular formula is C12H17N5O2. The van der Waals surface area contributed by atoms with Crippen LogP contribution in [0.5, 0.6) is 0 Å². The van der Waals surface area contributed by atoms with E-state index in [-0.39, 0.29) is 18.3 Å². The first-order valence-electron chi connectivity index (χ1n) is 6.12. The van der Waals surface area contributed by atoms with Crippen LogP contribution in [0.2, 0.25) is 0 Å². The van der Waals surface area contributed by atoms with Crippen molar-refractivity contribution in [3.63, 3.8) is 0 Å². The number of nitrogens with two attached hydrogens (primary N) is 1. The number of hydrogen-bond acceptors (Lipinski definition) is 5. The Labute approximate surface area is 110 Å². The molecule has 7 heteroatoms. The number of carbonyl (C=O) groups is 1. The molecule has 1 saturated carbocycles. The molecule has 1 aliphatic carbocycles. The molecule has 102 valence electrons. The predicted molar refractivity (Wildman–Crippen MR) is 69.6 cm³/mol. The van der Waals surface area contributed by atoms with E-state index in [4.69, 9.17) is 10.9 Å². The van der Waals surface area contributed by atoms with Gasteiger partial charge in [-0.15, -0.1) is 0 Å². The van der Waals surface area contributed by atoms with E-state index in [1.165, 1.54) is 0 Å². The van der Waals surface area contributed by atoms with Crippen molar-refractivity contribution in [2.45, 2.75) is 25.4 Å². The van der Waals surface area contributed by atoms with Crippen molar-refractivity contribution in [3.05, 3.63) is 29.6 Å². The average Bonchev–Trinajstić information content (AvgIpc) is 3.22. The Morgan fingerprint density at radius 3 is 3.05 bits per heavy atom. The lowest BCUT2D eigenvalue weighted by atomic mass is 10.2. The van der Waals surface area contributed by atoms with Crippen molar-refractivity contribution < 1.29 is 10.0 Å². The second-order valence-electron chi connectivity index (χ2n) is 4.48. The van der Waals surface area contributed by atoms with E-state index in [1.54, 1.807) is 18.3 Å². The van der Waals surface area contributed by atoms with Crippen molar-refractivity contribution in [1.82, 2.24) is 15.6 Å². The van der Waals surface area contributed by atoms with Gasteiger partial charge in [0.2, 0.25) is 5.91 Å². The zero-order valence-corrected chi connectivity index (χ0v) is 10.5. The monoisotopic (exact) mass is 263 g/mol. The fraction of sp³-hybridized carbons (Fsp3) is 0.417. The van der Waals surface area contributed by atoms with Crippen LogP contribution in [0.15, 0.2) is 23.5 Å². The number of oxime groups is 1. The quantitative estimate of drug-likeness (QED) is 0.240. The van der Waals surface area contributed by atoms with Crippen LogP contribution in [0.25, 0.3) is 0 Å². The maximum Gasteiger partial charge on any atom is 0.234 e. The summed E-state index contributed by atoms with van der Waals surface area (Å²) in [5.74, 6) is -0.0264. The lowest BCUT2D eigenvalue weighted by molar-refractivity contribution is -0.120. The maximum absolute atomic E-state index is 11.4. The summed E-state index contributed by atoms with van der Waals surface area (Å²) in [6.45, 7) is 0.796. The van der Waals surface area contributed by atoms with E-state index in [9.17, 15) is 4.79 Å². The molecule has 1 aromatic heterocycles. The minimum Gasteiger partial charge on any atom is -0.409 e. The first kappa shape index (κ1) is 13.3. The lowest BCUT2D eigenvalue weighted by Gasteiger charge is -2.06. The van der Waals surface area contributed by atoms with E-state index >= 15 is 0 Å². The molecular weight excluding hydrogens is 246 g/mol. The zero-order valence-electron chi connectivity index (χ0n) is 10.5. The Morgan fingerprint density at radius 2 is 2.37 bits per heavy atom. The summed E-state index contributed by atoms with van der Waals surface area (Å²) < 4.78 is 0. The molecule has 0 spiro atoms. The molecule has 0 atom stereocenters. The van der Waals surface area contributed by atoms with Gasteiger partial charge in [-0.05, 0) is 30.5 Å². The van der Waals surface area contributed by atoms with E-state index < -0.39 is 0 Å². The Morgan fingerprint density at radius 1 is 1.58 bits per heavy atom. The van der Waals surface area contributed by atoms with Gasteiger partial charge < -0.3 is 21.6 Å². The summed E-state index contributed by atoms with van der Waals surface area (Å²) in [7, 11) is 0. The molecule has 1 aliphatic rings. The topological polar surface area (TPSA) is 113 Å². The second-order valence-corrected chi connectivity index (χ2v) is 4.48. The molecule has 0 aliphatic heterocycles. The van der Waals surface area contributed by atoms with E-state index in [0.29, 0.717) is 18.3 Å². The minimum absolute atomic E-state index is 0.00761. The molecule has 0 aromatic carbocycles. The van der Waals surface area contributed by atoms with Gasteiger partial charge in [0.1, 0.15) is 5.69 Å². The lowest BCUT2D eigenvalue weighted by Crippen LogP contribution is -2.34. The zero-order chi connectivity index (χ0) is 13.7. The van der Waals surface area contributed by atoms with Crippen molar-refractivity contribution >= 4 is 11.7 Å².